The van der Waals surface area contributed by atoms with Crippen LogP contribution in [0.15, 0.2) is 6.07 Å². The third-order valence-electron chi connectivity index (χ3n) is 7.14. The number of carbonyl (C=O) groups is 1. The van der Waals surface area contributed by atoms with Crippen molar-refractivity contribution >= 4 is 16.9 Å². The highest BCUT2D eigenvalue weighted by molar-refractivity contribution is 6.06. The quantitative estimate of drug-likeness (QED) is 0.844. The lowest BCUT2D eigenvalue weighted by atomic mass is 9.77. The molecular formula is C23H33N5O. The molecule has 6 heteroatoms. The van der Waals surface area contributed by atoms with Crippen LogP contribution in [0.25, 0.3) is 11.0 Å². The molecule has 1 spiro atoms. The number of piperidine rings is 1. The molecule has 3 fully saturated rings. The van der Waals surface area contributed by atoms with Gasteiger partial charge in [-0.2, -0.15) is 5.10 Å². The zero-order chi connectivity index (χ0) is 20.4. The summed E-state index contributed by atoms with van der Waals surface area (Å²) in [5, 5.41) is 9.26. The summed E-state index contributed by atoms with van der Waals surface area (Å²) in [6.07, 6.45) is 5.81. The summed E-state index contributed by atoms with van der Waals surface area (Å²) in [4.78, 5) is 20.7. The smallest absolute Gasteiger partial charge is 0.254 e. The van der Waals surface area contributed by atoms with E-state index in [9.17, 15) is 4.79 Å². The van der Waals surface area contributed by atoms with Crippen LogP contribution in [0.3, 0.4) is 0 Å². The number of aromatic nitrogens is 3. The average Bonchev–Trinajstić information content (AvgIpc) is 3.35. The van der Waals surface area contributed by atoms with E-state index in [-0.39, 0.29) is 11.4 Å². The van der Waals surface area contributed by atoms with Crippen LogP contribution in [0.1, 0.15) is 80.5 Å². The molecule has 0 radical (unpaired) electrons. The molecule has 156 valence electrons. The fourth-order valence-electron chi connectivity index (χ4n) is 5.11. The Hall–Kier alpha value is -1.95. The molecule has 5 rings (SSSR count). The van der Waals surface area contributed by atoms with E-state index in [1.165, 1.54) is 19.3 Å². The summed E-state index contributed by atoms with van der Waals surface area (Å²) in [5.74, 6) is 0.667. The molecule has 0 atom stereocenters. The van der Waals surface area contributed by atoms with Crippen molar-refractivity contribution in [3.05, 3.63) is 23.0 Å². The first kappa shape index (κ1) is 19.0. The predicted molar refractivity (Wildman–Crippen MR) is 114 cm³/mol. The number of likely N-dealkylation sites (tertiary alicyclic amines) is 1. The molecule has 0 aromatic carbocycles. The Balaban J connectivity index is 1.53. The monoisotopic (exact) mass is 395 g/mol. The van der Waals surface area contributed by atoms with E-state index in [4.69, 9.17) is 10.1 Å². The number of hydrogen-bond acceptors (Lipinski definition) is 4. The average molecular weight is 396 g/mol. The van der Waals surface area contributed by atoms with Crippen molar-refractivity contribution in [1.82, 2.24) is 25.0 Å². The molecule has 2 aromatic heterocycles. The van der Waals surface area contributed by atoms with Gasteiger partial charge < -0.3 is 10.2 Å². The molecule has 1 amide bonds. The van der Waals surface area contributed by atoms with Gasteiger partial charge in [0.2, 0.25) is 0 Å². The Morgan fingerprint density at radius 3 is 2.52 bits per heavy atom. The molecule has 29 heavy (non-hydrogen) atoms. The lowest BCUT2D eigenvalue weighted by molar-refractivity contribution is 0.0609. The molecule has 0 unspecified atom stereocenters. The number of nitrogens with one attached hydrogen (secondary N) is 1. The van der Waals surface area contributed by atoms with Crippen LogP contribution in [0, 0.1) is 12.3 Å². The van der Waals surface area contributed by atoms with Crippen molar-refractivity contribution in [3.8, 4) is 0 Å². The number of rotatable bonds is 2. The Bertz CT molecular complexity index is 950. The lowest BCUT2D eigenvalue weighted by Gasteiger charge is -2.39. The van der Waals surface area contributed by atoms with Gasteiger partial charge in [-0.3, -0.25) is 4.79 Å². The second-order valence-corrected chi connectivity index (χ2v) is 10.5. The van der Waals surface area contributed by atoms with Crippen LogP contribution in [0.2, 0.25) is 0 Å². The number of hydrogen-bond donors (Lipinski definition) is 1. The fraction of sp³-hybridized carbons (Fsp3) is 0.696. The summed E-state index contributed by atoms with van der Waals surface area (Å²) in [5.41, 5.74) is 3.90. The normalized spacial score (nSPS) is 22.0. The van der Waals surface area contributed by atoms with Crippen LogP contribution in [-0.2, 0) is 5.54 Å². The summed E-state index contributed by atoms with van der Waals surface area (Å²) >= 11 is 0. The van der Waals surface area contributed by atoms with Gasteiger partial charge in [-0.15, -0.1) is 0 Å². The number of carbonyl (C=O) groups excluding carboxylic acids is 1. The first-order valence-electron chi connectivity index (χ1n) is 11.2. The first-order valence-corrected chi connectivity index (χ1v) is 11.2. The highest BCUT2D eigenvalue weighted by atomic mass is 16.2. The van der Waals surface area contributed by atoms with Crippen molar-refractivity contribution in [2.75, 3.05) is 26.2 Å². The third kappa shape index (κ3) is 3.25. The zero-order valence-corrected chi connectivity index (χ0v) is 18.2. The SMILES string of the molecule is Cc1nn(C(C)(C)C)c2nc(C3CC3)cc(C(=O)N3CCC4(CCNC4)CC3)c12. The highest BCUT2D eigenvalue weighted by Gasteiger charge is 2.39. The van der Waals surface area contributed by atoms with E-state index >= 15 is 0 Å². The third-order valence-corrected chi connectivity index (χ3v) is 7.14. The Labute approximate surface area is 173 Å². The van der Waals surface area contributed by atoms with E-state index < -0.39 is 0 Å². The molecule has 2 aromatic rings. The topological polar surface area (TPSA) is 63.1 Å². The molecule has 2 aliphatic heterocycles. The number of fused-ring (bicyclic) bond motifs is 1. The molecular weight excluding hydrogens is 362 g/mol. The van der Waals surface area contributed by atoms with Gasteiger partial charge in [-0.25, -0.2) is 9.67 Å². The largest absolute Gasteiger partial charge is 0.339 e. The van der Waals surface area contributed by atoms with Crippen molar-refractivity contribution < 1.29 is 4.79 Å². The Morgan fingerprint density at radius 2 is 1.93 bits per heavy atom. The van der Waals surface area contributed by atoms with E-state index in [0.717, 1.165) is 67.0 Å². The van der Waals surface area contributed by atoms with Gasteiger partial charge >= 0.3 is 0 Å². The molecule has 3 aliphatic rings. The van der Waals surface area contributed by atoms with E-state index in [0.29, 0.717) is 11.3 Å². The summed E-state index contributed by atoms with van der Waals surface area (Å²) in [6.45, 7) is 12.4. The minimum atomic E-state index is -0.172. The Morgan fingerprint density at radius 1 is 1.21 bits per heavy atom. The summed E-state index contributed by atoms with van der Waals surface area (Å²) < 4.78 is 2.01. The van der Waals surface area contributed by atoms with E-state index in [1.54, 1.807) is 0 Å². The van der Waals surface area contributed by atoms with Crippen molar-refractivity contribution in [2.45, 2.75) is 71.3 Å². The van der Waals surface area contributed by atoms with Crippen molar-refractivity contribution in [3.63, 3.8) is 0 Å². The summed E-state index contributed by atoms with van der Waals surface area (Å²) in [7, 11) is 0. The molecule has 0 bridgehead atoms. The maximum atomic E-state index is 13.7. The van der Waals surface area contributed by atoms with Crippen molar-refractivity contribution in [2.24, 2.45) is 5.41 Å². The number of amides is 1. The maximum absolute atomic E-state index is 13.7. The number of nitrogens with zero attached hydrogens (tertiary/aromatic N) is 4. The standard InChI is InChI=1S/C23H33N5O/c1-15-19-17(21(29)27-11-8-23(9-12-27)7-10-24-14-23)13-18(16-5-6-16)25-20(19)28(26-15)22(2,3)4/h13,16,24H,5-12,14H2,1-4H3. The van der Waals surface area contributed by atoms with Crippen LogP contribution in [-0.4, -0.2) is 51.8 Å². The zero-order valence-electron chi connectivity index (χ0n) is 18.2. The fourth-order valence-corrected chi connectivity index (χ4v) is 5.11. The van der Waals surface area contributed by atoms with Crippen LogP contribution < -0.4 is 5.32 Å². The molecule has 1 saturated carbocycles. The maximum Gasteiger partial charge on any atom is 0.254 e. The van der Waals surface area contributed by atoms with Crippen LogP contribution in [0.5, 0.6) is 0 Å². The first-order chi connectivity index (χ1) is 13.8. The van der Waals surface area contributed by atoms with Gasteiger partial charge in [0, 0.05) is 31.2 Å². The highest BCUT2D eigenvalue weighted by Crippen LogP contribution is 2.42. The molecule has 2 saturated heterocycles. The van der Waals surface area contributed by atoms with Crippen LogP contribution in [0.4, 0.5) is 0 Å². The minimum absolute atomic E-state index is 0.164. The Kier molecular flexibility index (Phi) is 4.28. The van der Waals surface area contributed by atoms with Gasteiger partial charge in [0.1, 0.15) is 0 Å². The second-order valence-electron chi connectivity index (χ2n) is 10.5. The van der Waals surface area contributed by atoms with E-state index in [2.05, 4.69) is 37.1 Å². The summed E-state index contributed by atoms with van der Waals surface area (Å²) in [6, 6.07) is 2.07. The van der Waals surface area contributed by atoms with Crippen LogP contribution >= 0.6 is 0 Å². The molecule has 1 aliphatic carbocycles. The number of aryl methyl sites for hydroxylation is 1. The molecule has 1 N–H and O–H groups in total. The molecule has 6 nitrogen and oxygen atoms in total. The number of pyridine rings is 1. The van der Waals surface area contributed by atoms with Gasteiger partial charge in [-0.05, 0) is 77.8 Å². The second kappa shape index (κ2) is 6.53. The van der Waals surface area contributed by atoms with Gasteiger partial charge in [0.25, 0.3) is 5.91 Å². The predicted octanol–water partition coefficient (Wildman–Crippen LogP) is 3.59. The minimum Gasteiger partial charge on any atom is -0.339 e. The van der Waals surface area contributed by atoms with Gasteiger partial charge in [0.05, 0.1) is 22.2 Å². The lowest BCUT2D eigenvalue weighted by Crippen LogP contribution is -2.44. The van der Waals surface area contributed by atoms with Crippen molar-refractivity contribution in [1.29, 1.82) is 0 Å². The molecule has 4 heterocycles. The van der Waals surface area contributed by atoms with E-state index in [1.807, 2.05) is 11.6 Å². The van der Waals surface area contributed by atoms with Gasteiger partial charge in [-0.1, -0.05) is 0 Å². The van der Waals surface area contributed by atoms with Gasteiger partial charge in [0.15, 0.2) is 5.65 Å².